The van der Waals surface area contributed by atoms with E-state index in [1.807, 2.05) is 0 Å². The van der Waals surface area contributed by atoms with E-state index in [0.29, 0.717) is 16.7 Å². The summed E-state index contributed by atoms with van der Waals surface area (Å²) in [6.45, 7) is 0. The van der Waals surface area contributed by atoms with E-state index < -0.39 is 41.8 Å². The number of benzene rings is 4. The van der Waals surface area contributed by atoms with Gasteiger partial charge >= 0.3 is 12.1 Å². The van der Waals surface area contributed by atoms with Crippen LogP contribution in [0, 0.1) is 11.6 Å². The molecule has 0 radical (unpaired) electrons. The molecule has 0 amide bonds. The first-order chi connectivity index (χ1) is 18.5. The van der Waals surface area contributed by atoms with Gasteiger partial charge in [-0.2, -0.15) is 13.2 Å². The fourth-order valence-corrected chi connectivity index (χ4v) is 4.74. The number of alkyl halides is 3. The average Bonchev–Trinajstić information content (AvgIpc) is 2.90. The van der Waals surface area contributed by atoms with E-state index in [0.717, 1.165) is 12.1 Å². The molecule has 5 rings (SSSR count). The van der Waals surface area contributed by atoms with Crippen LogP contribution in [-0.2, 0) is 11.0 Å². The monoisotopic (exact) mass is 556 g/mol. The van der Waals surface area contributed by atoms with Crippen molar-refractivity contribution in [2.45, 2.75) is 18.6 Å². The van der Waals surface area contributed by atoms with Crippen molar-refractivity contribution in [1.82, 2.24) is 0 Å². The fraction of sp³-hybridized carbons (Fsp3) is 0.103. The average molecular weight is 557 g/mol. The van der Waals surface area contributed by atoms with Crippen molar-refractivity contribution in [2.75, 3.05) is 4.90 Å². The van der Waals surface area contributed by atoms with Gasteiger partial charge in [0.1, 0.15) is 23.2 Å². The van der Waals surface area contributed by atoms with Gasteiger partial charge in [-0.25, -0.2) is 13.8 Å². The second-order valence-electron chi connectivity index (χ2n) is 8.85. The summed E-state index contributed by atoms with van der Waals surface area (Å²) in [4.78, 5) is 17.7. The van der Waals surface area contributed by atoms with Crippen LogP contribution < -0.4 is 4.90 Å². The highest BCUT2D eigenvalue weighted by atomic mass is 35.5. The third-order valence-corrected chi connectivity index (χ3v) is 6.64. The summed E-state index contributed by atoms with van der Waals surface area (Å²) in [6.07, 6.45) is -5.18. The molecule has 4 aromatic carbocycles. The topological polar surface area (TPSA) is 52.9 Å². The number of carbonyl (C=O) groups is 1. The number of carboxylic acid groups (broad SMARTS) is 1. The van der Waals surface area contributed by atoms with Gasteiger partial charge in [0.05, 0.1) is 23.0 Å². The number of para-hydroxylation sites is 1. The highest BCUT2D eigenvalue weighted by Crippen LogP contribution is 2.43. The predicted octanol–water partition coefficient (Wildman–Crippen LogP) is 8.42. The summed E-state index contributed by atoms with van der Waals surface area (Å²) in [5.74, 6) is -2.42. The standard InChI is InChI=1S/C29H18ClF5N2O2/c30-22-13-18(11-12-23(22)31)16-7-9-17(10-8-16)28-36-27-21(5-2-6-24(27)32)25(15-26(38)39)37(28)20-4-1-3-19(14-20)29(33,34)35/h1-14,25H,15H2,(H,38,39). The molecule has 0 fully saturated rings. The molecule has 0 saturated carbocycles. The zero-order valence-electron chi connectivity index (χ0n) is 19.9. The Bertz CT molecular complexity index is 1600. The Kier molecular flexibility index (Phi) is 6.86. The van der Waals surface area contributed by atoms with Crippen molar-refractivity contribution in [2.24, 2.45) is 4.99 Å². The van der Waals surface area contributed by atoms with Gasteiger partial charge in [-0.3, -0.25) is 4.79 Å². The van der Waals surface area contributed by atoms with Gasteiger partial charge < -0.3 is 10.0 Å². The molecule has 0 saturated heterocycles. The van der Waals surface area contributed by atoms with Crippen LogP contribution in [0.3, 0.4) is 0 Å². The summed E-state index contributed by atoms with van der Waals surface area (Å²) in [5, 5.41) is 9.63. The minimum atomic E-state index is -4.65. The third kappa shape index (κ3) is 5.22. The van der Waals surface area contributed by atoms with E-state index in [1.54, 1.807) is 24.3 Å². The molecule has 4 nitrogen and oxygen atoms in total. The number of anilines is 1. The van der Waals surface area contributed by atoms with Crippen molar-refractivity contribution in [3.8, 4) is 11.1 Å². The van der Waals surface area contributed by atoms with Crippen LogP contribution in [0.25, 0.3) is 11.1 Å². The van der Waals surface area contributed by atoms with Crippen molar-refractivity contribution in [1.29, 1.82) is 0 Å². The van der Waals surface area contributed by atoms with Gasteiger partial charge in [-0.1, -0.05) is 60.1 Å². The highest BCUT2D eigenvalue weighted by molar-refractivity contribution is 6.31. The molecule has 0 bridgehead atoms. The molecule has 1 atom stereocenters. The van der Waals surface area contributed by atoms with Gasteiger partial charge in [0, 0.05) is 16.8 Å². The van der Waals surface area contributed by atoms with E-state index in [-0.39, 0.29) is 27.8 Å². The van der Waals surface area contributed by atoms with E-state index in [2.05, 4.69) is 4.99 Å². The lowest BCUT2D eigenvalue weighted by atomic mass is 9.94. The predicted molar refractivity (Wildman–Crippen MR) is 138 cm³/mol. The Balaban J connectivity index is 1.68. The van der Waals surface area contributed by atoms with Gasteiger partial charge in [-0.05, 0) is 47.5 Å². The number of aliphatic imine (C=N–C) groups is 1. The Morgan fingerprint density at radius 1 is 0.872 bits per heavy atom. The molecular formula is C29H18ClF5N2O2. The molecule has 1 heterocycles. The number of fused-ring (bicyclic) bond motifs is 1. The minimum Gasteiger partial charge on any atom is -0.481 e. The van der Waals surface area contributed by atoms with Gasteiger partial charge in [0.25, 0.3) is 0 Å². The minimum absolute atomic E-state index is 0.0409. The largest absolute Gasteiger partial charge is 0.481 e. The van der Waals surface area contributed by atoms with E-state index in [9.17, 15) is 31.9 Å². The van der Waals surface area contributed by atoms with Crippen molar-refractivity contribution in [3.05, 3.63) is 118 Å². The van der Waals surface area contributed by atoms with Crippen LogP contribution in [0.4, 0.5) is 33.3 Å². The normalized spacial score (nSPS) is 15.1. The maximum atomic E-state index is 14.9. The molecule has 1 aliphatic rings. The Hall–Kier alpha value is -4.24. The zero-order chi connectivity index (χ0) is 27.9. The van der Waals surface area contributed by atoms with Crippen molar-refractivity contribution < 1.29 is 31.9 Å². The molecule has 1 unspecified atom stereocenters. The summed E-state index contributed by atoms with van der Waals surface area (Å²) >= 11 is 5.90. The quantitative estimate of drug-likeness (QED) is 0.251. The van der Waals surface area contributed by atoms with Crippen LogP contribution in [0.5, 0.6) is 0 Å². The third-order valence-electron chi connectivity index (χ3n) is 6.35. The lowest BCUT2D eigenvalue weighted by Crippen LogP contribution is -2.39. The van der Waals surface area contributed by atoms with Crippen molar-refractivity contribution in [3.63, 3.8) is 0 Å². The number of rotatable bonds is 5. The van der Waals surface area contributed by atoms with E-state index in [4.69, 9.17) is 11.6 Å². The number of halogens is 6. The molecule has 0 spiro atoms. The first-order valence-electron chi connectivity index (χ1n) is 11.6. The maximum absolute atomic E-state index is 14.9. The summed E-state index contributed by atoms with van der Waals surface area (Å²) in [5.41, 5.74) is 0.937. The van der Waals surface area contributed by atoms with E-state index >= 15 is 0 Å². The highest BCUT2D eigenvalue weighted by Gasteiger charge is 2.37. The Labute approximate surface area is 224 Å². The lowest BCUT2D eigenvalue weighted by molar-refractivity contribution is -0.138. The van der Waals surface area contributed by atoms with Gasteiger partial charge in [0.2, 0.25) is 0 Å². The number of nitrogens with zero attached hydrogens (tertiary/aromatic N) is 2. The first kappa shape index (κ1) is 26.4. The number of aliphatic carboxylic acids is 1. The fourth-order valence-electron chi connectivity index (χ4n) is 4.56. The smallest absolute Gasteiger partial charge is 0.416 e. The number of hydrogen-bond acceptors (Lipinski definition) is 3. The molecule has 198 valence electrons. The number of carboxylic acids is 1. The summed E-state index contributed by atoms with van der Waals surface area (Å²) < 4.78 is 69.3. The Morgan fingerprint density at radius 3 is 2.21 bits per heavy atom. The molecule has 1 N–H and O–H groups in total. The summed E-state index contributed by atoms with van der Waals surface area (Å²) in [6, 6.07) is 18.3. The van der Waals surface area contributed by atoms with E-state index in [1.165, 1.54) is 53.4 Å². The molecular weight excluding hydrogens is 539 g/mol. The second-order valence-corrected chi connectivity index (χ2v) is 9.26. The number of hydrogen-bond donors (Lipinski definition) is 1. The van der Waals surface area contributed by atoms with Crippen LogP contribution in [-0.4, -0.2) is 16.9 Å². The second kappa shape index (κ2) is 10.1. The molecule has 0 aliphatic carbocycles. The lowest BCUT2D eigenvalue weighted by Gasteiger charge is -2.38. The van der Waals surface area contributed by atoms with Crippen LogP contribution in [0.2, 0.25) is 5.02 Å². The Morgan fingerprint density at radius 2 is 1.54 bits per heavy atom. The van der Waals surface area contributed by atoms with Crippen LogP contribution in [0.1, 0.15) is 29.2 Å². The molecule has 10 heteroatoms. The van der Waals surface area contributed by atoms with Crippen molar-refractivity contribution >= 4 is 34.8 Å². The zero-order valence-corrected chi connectivity index (χ0v) is 20.6. The number of amidine groups is 1. The van der Waals surface area contributed by atoms with Crippen LogP contribution in [0.15, 0.2) is 89.9 Å². The molecule has 0 aromatic heterocycles. The first-order valence-corrected chi connectivity index (χ1v) is 12.0. The summed E-state index contributed by atoms with van der Waals surface area (Å²) in [7, 11) is 0. The van der Waals surface area contributed by atoms with Gasteiger partial charge in [0.15, 0.2) is 0 Å². The maximum Gasteiger partial charge on any atom is 0.416 e. The van der Waals surface area contributed by atoms with Gasteiger partial charge in [-0.15, -0.1) is 0 Å². The SMILES string of the molecule is O=C(O)CC1c2cccc(F)c2N=C(c2ccc(-c3ccc(F)c(Cl)c3)cc2)N1c1cccc(C(F)(F)F)c1. The molecule has 4 aromatic rings. The molecule has 39 heavy (non-hydrogen) atoms. The molecule has 1 aliphatic heterocycles. The van der Waals surface area contributed by atoms with Crippen LogP contribution >= 0.6 is 11.6 Å².